The predicted octanol–water partition coefficient (Wildman–Crippen LogP) is 3.49. The van der Waals surface area contributed by atoms with Crippen molar-refractivity contribution in [3.63, 3.8) is 0 Å². The number of para-hydroxylation sites is 2. The van der Waals surface area contributed by atoms with E-state index in [4.69, 9.17) is 9.47 Å². The van der Waals surface area contributed by atoms with Gasteiger partial charge in [-0.05, 0) is 36.8 Å². The zero-order valence-corrected chi connectivity index (χ0v) is 16.2. The van der Waals surface area contributed by atoms with Crippen LogP contribution in [0.2, 0.25) is 0 Å². The van der Waals surface area contributed by atoms with Gasteiger partial charge in [-0.3, -0.25) is 4.79 Å². The van der Waals surface area contributed by atoms with Gasteiger partial charge in [-0.25, -0.2) is 4.98 Å². The molecule has 1 atom stereocenters. The summed E-state index contributed by atoms with van der Waals surface area (Å²) in [6, 6.07) is 13.4. The Kier molecular flexibility index (Phi) is 5.64. The predicted molar refractivity (Wildman–Crippen MR) is 105 cm³/mol. The summed E-state index contributed by atoms with van der Waals surface area (Å²) in [6.45, 7) is 4.23. The summed E-state index contributed by atoms with van der Waals surface area (Å²) >= 11 is 0. The van der Waals surface area contributed by atoms with Gasteiger partial charge >= 0.3 is 0 Å². The van der Waals surface area contributed by atoms with E-state index in [1.165, 1.54) is 0 Å². The maximum atomic E-state index is 12.7. The minimum Gasteiger partial charge on any atom is -0.493 e. The number of benzene rings is 2. The third kappa shape index (κ3) is 3.89. The van der Waals surface area contributed by atoms with Crippen molar-refractivity contribution in [3.05, 3.63) is 53.9 Å². The minimum atomic E-state index is -0.155. The molecule has 0 fully saturated rings. The minimum absolute atomic E-state index is 0.0601. The van der Waals surface area contributed by atoms with E-state index in [0.717, 1.165) is 28.8 Å². The lowest BCUT2D eigenvalue weighted by Gasteiger charge is -2.17. The Bertz CT molecular complexity index is 949. The summed E-state index contributed by atoms with van der Waals surface area (Å²) in [5, 5.41) is 3.06. The van der Waals surface area contributed by atoms with Crippen molar-refractivity contribution < 1.29 is 14.3 Å². The molecule has 0 saturated heterocycles. The standard InChI is InChI=1S/C21H25N3O3/c1-5-20-23-16-8-6-7-9-17(16)24(20)13-21(25)22-14(2)15-10-11-18(26-3)19(12-15)27-4/h6-12,14H,5,13H2,1-4H3,(H,22,25). The van der Waals surface area contributed by atoms with E-state index in [2.05, 4.69) is 10.3 Å². The van der Waals surface area contributed by atoms with Crippen LogP contribution >= 0.6 is 0 Å². The molecule has 0 radical (unpaired) electrons. The normalized spacial score (nSPS) is 12.0. The van der Waals surface area contributed by atoms with Crippen molar-refractivity contribution in [2.75, 3.05) is 14.2 Å². The zero-order valence-electron chi connectivity index (χ0n) is 16.2. The fourth-order valence-corrected chi connectivity index (χ4v) is 3.21. The number of nitrogens with zero attached hydrogens (tertiary/aromatic N) is 2. The monoisotopic (exact) mass is 367 g/mol. The van der Waals surface area contributed by atoms with Gasteiger partial charge in [0.05, 0.1) is 31.3 Å². The Morgan fingerprint density at radius 2 is 1.89 bits per heavy atom. The number of fused-ring (bicyclic) bond motifs is 1. The first-order valence-corrected chi connectivity index (χ1v) is 9.02. The third-order valence-electron chi connectivity index (χ3n) is 4.64. The zero-order chi connectivity index (χ0) is 19.4. The lowest BCUT2D eigenvalue weighted by molar-refractivity contribution is -0.122. The lowest BCUT2D eigenvalue weighted by Crippen LogP contribution is -2.30. The number of imidazole rings is 1. The highest BCUT2D eigenvalue weighted by Crippen LogP contribution is 2.29. The first-order valence-electron chi connectivity index (χ1n) is 9.02. The van der Waals surface area contributed by atoms with E-state index in [1.807, 2.05) is 60.9 Å². The number of hydrogen-bond donors (Lipinski definition) is 1. The fourth-order valence-electron chi connectivity index (χ4n) is 3.21. The smallest absolute Gasteiger partial charge is 0.240 e. The molecule has 6 heteroatoms. The Labute approximate surface area is 159 Å². The third-order valence-corrected chi connectivity index (χ3v) is 4.64. The molecule has 1 N–H and O–H groups in total. The van der Waals surface area contributed by atoms with Crippen molar-refractivity contribution in [2.45, 2.75) is 32.9 Å². The molecular formula is C21H25N3O3. The summed E-state index contributed by atoms with van der Waals surface area (Å²) in [7, 11) is 3.20. The highest BCUT2D eigenvalue weighted by atomic mass is 16.5. The number of carbonyl (C=O) groups excluding carboxylic acids is 1. The summed E-state index contributed by atoms with van der Waals surface area (Å²) < 4.78 is 12.6. The first-order chi connectivity index (χ1) is 13.1. The Hall–Kier alpha value is -3.02. The quantitative estimate of drug-likeness (QED) is 0.694. The van der Waals surface area contributed by atoms with E-state index < -0.39 is 0 Å². The molecule has 27 heavy (non-hydrogen) atoms. The van der Waals surface area contributed by atoms with Gasteiger partial charge < -0.3 is 19.4 Å². The van der Waals surface area contributed by atoms with Crippen molar-refractivity contribution in [2.24, 2.45) is 0 Å². The summed E-state index contributed by atoms with van der Waals surface area (Å²) in [6.07, 6.45) is 0.771. The lowest BCUT2D eigenvalue weighted by atomic mass is 10.1. The van der Waals surface area contributed by atoms with Crippen LogP contribution in [0.25, 0.3) is 11.0 Å². The van der Waals surface area contributed by atoms with Crippen LogP contribution in [0, 0.1) is 0 Å². The number of hydrogen-bond acceptors (Lipinski definition) is 4. The average molecular weight is 367 g/mol. The molecule has 1 unspecified atom stereocenters. The van der Waals surface area contributed by atoms with Crippen LogP contribution in [0.4, 0.5) is 0 Å². The second-order valence-electron chi connectivity index (χ2n) is 6.36. The van der Waals surface area contributed by atoms with Gasteiger partial charge in [-0.1, -0.05) is 25.1 Å². The van der Waals surface area contributed by atoms with Crippen LogP contribution in [0.3, 0.4) is 0 Å². The molecular weight excluding hydrogens is 342 g/mol. The maximum Gasteiger partial charge on any atom is 0.240 e. The molecule has 142 valence electrons. The molecule has 1 amide bonds. The molecule has 0 aliphatic carbocycles. The average Bonchev–Trinajstić information content (AvgIpc) is 3.04. The van der Waals surface area contributed by atoms with Gasteiger partial charge in [0.2, 0.25) is 5.91 Å². The summed E-state index contributed by atoms with van der Waals surface area (Å²) in [5.41, 5.74) is 2.84. The number of aromatic nitrogens is 2. The Balaban J connectivity index is 1.76. The van der Waals surface area contributed by atoms with Gasteiger partial charge in [-0.15, -0.1) is 0 Å². The number of nitrogens with one attached hydrogen (secondary N) is 1. The molecule has 0 spiro atoms. The van der Waals surface area contributed by atoms with Crippen molar-refractivity contribution >= 4 is 16.9 Å². The number of aryl methyl sites for hydroxylation is 1. The van der Waals surface area contributed by atoms with E-state index >= 15 is 0 Å². The van der Waals surface area contributed by atoms with Crippen LogP contribution in [-0.4, -0.2) is 29.7 Å². The van der Waals surface area contributed by atoms with Crippen LogP contribution in [0.1, 0.15) is 31.3 Å². The molecule has 3 rings (SSSR count). The number of amides is 1. The van der Waals surface area contributed by atoms with E-state index in [1.54, 1.807) is 14.2 Å². The number of carbonyl (C=O) groups is 1. The van der Waals surface area contributed by atoms with Crippen LogP contribution in [0.5, 0.6) is 11.5 Å². The molecule has 0 aliphatic rings. The molecule has 2 aromatic carbocycles. The highest BCUT2D eigenvalue weighted by molar-refractivity contribution is 5.81. The van der Waals surface area contributed by atoms with E-state index in [9.17, 15) is 4.79 Å². The number of methoxy groups -OCH3 is 2. The van der Waals surface area contributed by atoms with Gasteiger partial charge in [0.25, 0.3) is 0 Å². The fraction of sp³-hybridized carbons (Fsp3) is 0.333. The van der Waals surface area contributed by atoms with Crippen molar-refractivity contribution in [1.29, 1.82) is 0 Å². The van der Waals surface area contributed by atoms with Crippen LogP contribution in [-0.2, 0) is 17.8 Å². The summed E-state index contributed by atoms with van der Waals surface area (Å²) in [5.74, 6) is 2.16. The topological polar surface area (TPSA) is 65.4 Å². The SMILES string of the molecule is CCc1nc2ccccc2n1CC(=O)NC(C)c1ccc(OC)c(OC)c1. The molecule has 3 aromatic rings. The molecule has 0 saturated carbocycles. The highest BCUT2D eigenvalue weighted by Gasteiger charge is 2.16. The Morgan fingerprint density at radius 1 is 1.15 bits per heavy atom. The second-order valence-corrected chi connectivity index (χ2v) is 6.36. The van der Waals surface area contributed by atoms with E-state index in [-0.39, 0.29) is 18.5 Å². The molecule has 6 nitrogen and oxygen atoms in total. The van der Waals surface area contributed by atoms with E-state index in [0.29, 0.717) is 11.5 Å². The molecule has 1 aromatic heterocycles. The largest absolute Gasteiger partial charge is 0.493 e. The van der Waals surface area contributed by atoms with Crippen LogP contribution < -0.4 is 14.8 Å². The van der Waals surface area contributed by atoms with Gasteiger partial charge in [0, 0.05) is 6.42 Å². The van der Waals surface area contributed by atoms with Crippen molar-refractivity contribution in [1.82, 2.24) is 14.9 Å². The van der Waals surface area contributed by atoms with Gasteiger partial charge in [-0.2, -0.15) is 0 Å². The maximum absolute atomic E-state index is 12.7. The molecule has 1 heterocycles. The summed E-state index contributed by atoms with van der Waals surface area (Å²) in [4.78, 5) is 17.3. The first kappa shape index (κ1) is 18.8. The van der Waals surface area contributed by atoms with Crippen LogP contribution in [0.15, 0.2) is 42.5 Å². The van der Waals surface area contributed by atoms with Crippen molar-refractivity contribution in [3.8, 4) is 11.5 Å². The second kappa shape index (κ2) is 8.12. The number of ether oxygens (including phenoxy) is 2. The van der Waals surface area contributed by atoms with Gasteiger partial charge in [0.1, 0.15) is 12.4 Å². The van der Waals surface area contributed by atoms with Gasteiger partial charge in [0.15, 0.2) is 11.5 Å². The Morgan fingerprint density at radius 3 is 2.59 bits per heavy atom. The molecule has 0 bridgehead atoms. The number of rotatable bonds is 7. The molecule has 0 aliphatic heterocycles.